The van der Waals surface area contributed by atoms with Crippen LogP contribution in [0.5, 0.6) is 0 Å². The Morgan fingerprint density at radius 2 is 1.77 bits per heavy atom. The second-order valence-corrected chi connectivity index (χ2v) is 4.08. The molecule has 0 saturated heterocycles. The fraction of sp³-hybridized carbons (Fsp3) is 1.00. The van der Waals surface area contributed by atoms with Crippen LogP contribution in [0.15, 0.2) is 0 Å². The minimum atomic E-state index is -0.717. The second-order valence-electron chi connectivity index (χ2n) is 4.08. The molecule has 0 aliphatic carbocycles. The lowest BCUT2D eigenvalue weighted by Crippen LogP contribution is -2.41. The Bertz CT molecular complexity index is 132. The van der Waals surface area contributed by atoms with Crippen LogP contribution in [0.4, 0.5) is 0 Å². The van der Waals surface area contributed by atoms with Gasteiger partial charge in [-0.3, -0.25) is 0 Å². The van der Waals surface area contributed by atoms with E-state index < -0.39 is 5.60 Å². The molecule has 0 aromatic carbocycles. The summed E-state index contributed by atoms with van der Waals surface area (Å²) in [5.74, 6) is 0.0208. The lowest BCUT2D eigenvalue weighted by atomic mass is 9.79. The molecule has 0 amide bonds. The van der Waals surface area contributed by atoms with Crippen molar-refractivity contribution in [3.8, 4) is 0 Å². The van der Waals surface area contributed by atoms with Crippen LogP contribution in [0, 0.1) is 5.92 Å². The molecule has 0 rings (SSSR count). The quantitative estimate of drug-likeness (QED) is 0.671. The molecular weight excluding hydrogens is 164 g/mol. The lowest BCUT2D eigenvalue weighted by molar-refractivity contribution is -0.0660. The predicted octanol–water partition coefficient (Wildman–Crippen LogP) is 2.33. The Hall–Kier alpha value is -0.0800. The van der Waals surface area contributed by atoms with Crippen molar-refractivity contribution in [1.82, 2.24) is 0 Å². The average molecular weight is 188 g/mol. The Kier molecular flexibility index (Phi) is 5.57. The molecule has 80 valence electrons. The van der Waals surface area contributed by atoms with Gasteiger partial charge in [-0.1, -0.05) is 27.2 Å². The van der Waals surface area contributed by atoms with Gasteiger partial charge >= 0.3 is 0 Å². The van der Waals surface area contributed by atoms with E-state index in [1.165, 1.54) is 0 Å². The van der Waals surface area contributed by atoms with Gasteiger partial charge in [-0.05, 0) is 26.2 Å². The highest BCUT2D eigenvalue weighted by Crippen LogP contribution is 2.29. The van der Waals surface area contributed by atoms with E-state index in [0.717, 1.165) is 19.3 Å². The van der Waals surface area contributed by atoms with Crippen molar-refractivity contribution in [2.24, 2.45) is 5.92 Å². The minimum absolute atomic E-state index is 0.0208. The third-order valence-electron chi connectivity index (χ3n) is 3.00. The molecule has 13 heavy (non-hydrogen) atoms. The summed E-state index contributed by atoms with van der Waals surface area (Å²) in [5, 5.41) is 19.8. The first-order valence-corrected chi connectivity index (χ1v) is 5.40. The first kappa shape index (κ1) is 12.9. The first-order valence-electron chi connectivity index (χ1n) is 5.40. The van der Waals surface area contributed by atoms with Crippen molar-refractivity contribution in [3.05, 3.63) is 0 Å². The average Bonchev–Trinajstić information content (AvgIpc) is 2.12. The van der Waals surface area contributed by atoms with E-state index in [9.17, 15) is 10.2 Å². The van der Waals surface area contributed by atoms with E-state index >= 15 is 0 Å². The Morgan fingerprint density at radius 1 is 1.23 bits per heavy atom. The SMILES string of the molecule is CCCC(C(O)CC)C(C)(O)CC. The van der Waals surface area contributed by atoms with Crippen molar-refractivity contribution in [2.45, 2.75) is 65.1 Å². The molecule has 2 nitrogen and oxygen atoms in total. The van der Waals surface area contributed by atoms with Gasteiger partial charge in [0.15, 0.2) is 0 Å². The zero-order valence-electron chi connectivity index (χ0n) is 9.38. The molecule has 0 fully saturated rings. The summed E-state index contributed by atoms with van der Waals surface area (Å²) in [4.78, 5) is 0. The largest absolute Gasteiger partial charge is 0.393 e. The fourth-order valence-corrected chi connectivity index (χ4v) is 1.78. The molecule has 0 heterocycles. The van der Waals surface area contributed by atoms with Gasteiger partial charge in [0.05, 0.1) is 11.7 Å². The van der Waals surface area contributed by atoms with E-state index in [1.54, 1.807) is 0 Å². The van der Waals surface area contributed by atoms with Gasteiger partial charge in [0.1, 0.15) is 0 Å². The van der Waals surface area contributed by atoms with E-state index in [1.807, 2.05) is 20.8 Å². The van der Waals surface area contributed by atoms with E-state index in [-0.39, 0.29) is 12.0 Å². The normalized spacial score (nSPS) is 20.8. The molecule has 0 aromatic rings. The van der Waals surface area contributed by atoms with Gasteiger partial charge in [0.2, 0.25) is 0 Å². The van der Waals surface area contributed by atoms with Gasteiger partial charge in [-0.15, -0.1) is 0 Å². The van der Waals surface area contributed by atoms with Crippen LogP contribution in [-0.2, 0) is 0 Å². The van der Waals surface area contributed by atoms with Gasteiger partial charge < -0.3 is 10.2 Å². The summed E-state index contributed by atoms with van der Waals surface area (Å²) < 4.78 is 0. The summed E-state index contributed by atoms with van der Waals surface area (Å²) >= 11 is 0. The Labute approximate surface area is 82.0 Å². The lowest BCUT2D eigenvalue weighted by Gasteiger charge is -2.35. The third kappa shape index (κ3) is 3.65. The standard InChI is InChI=1S/C11H24O2/c1-5-8-9(10(12)6-2)11(4,13)7-3/h9-10,12-13H,5-8H2,1-4H3. The van der Waals surface area contributed by atoms with Crippen LogP contribution >= 0.6 is 0 Å². The Morgan fingerprint density at radius 3 is 2.08 bits per heavy atom. The topological polar surface area (TPSA) is 40.5 Å². The van der Waals surface area contributed by atoms with Gasteiger partial charge in [0, 0.05) is 5.92 Å². The molecule has 3 atom stereocenters. The zero-order chi connectivity index (χ0) is 10.5. The monoisotopic (exact) mass is 188 g/mol. The van der Waals surface area contributed by atoms with Gasteiger partial charge in [0.25, 0.3) is 0 Å². The summed E-state index contributed by atoms with van der Waals surface area (Å²) in [6, 6.07) is 0. The smallest absolute Gasteiger partial charge is 0.0669 e. The van der Waals surface area contributed by atoms with Crippen molar-refractivity contribution < 1.29 is 10.2 Å². The van der Waals surface area contributed by atoms with E-state index in [0.29, 0.717) is 6.42 Å². The maximum absolute atomic E-state index is 10.1. The summed E-state index contributed by atoms with van der Waals surface area (Å²) in [5.41, 5.74) is -0.717. The van der Waals surface area contributed by atoms with Crippen LogP contribution in [-0.4, -0.2) is 21.9 Å². The molecule has 0 spiro atoms. The van der Waals surface area contributed by atoms with Crippen LogP contribution in [0.3, 0.4) is 0 Å². The summed E-state index contributed by atoms with van der Waals surface area (Å²) in [7, 11) is 0. The highest BCUT2D eigenvalue weighted by molar-refractivity contribution is 4.84. The zero-order valence-corrected chi connectivity index (χ0v) is 9.38. The highest BCUT2D eigenvalue weighted by Gasteiger charge is 2.33. The summed E-state index contributed by atoms with van der Waals surface area (Å²) in [6.45, 7) is 7.83. The summed E-state index contributed by atoms with van der Waals surface area (Å²) in [6.07, 6.45) is 2.97. The predicted molar refractivity (Wildman–Crippen MR) is 55.6 cm³/mol. The molecule has 2 N–H and O–H groups in total. The molecule has 0 aliphatic rings. The molecule has 3 unspecified atom stereocenters. The van der Waals surface area contributed by atoms with E-state index in [2.05, 4.69) is 6.92 Å². The van der Waals surface area contributed by atoms with E-state index in [4.69, 9.17) is 0 Å². The number of aliphatic hydroxyl groups excluding tert-OH is 1. The van der Waals surface area contributed by atoms with Crippen molar-refractivity contribution in [1.29, 1.82) is 0 Å². The number of hydrogen-bond acceptors (Lipinski definition) is 2. The molecule has 0 radical (unpaired) electrons. The number of hydrogen-bond donors (Lipinski definition) is 2. The molecule has 0 aliphatic heterocycles. The molecule has 0 bridgehead atoms. The minimum Gasteiger partial charge on any atom is -0.393 e. The van der Waals surface area contributed by atoms with Crippen molar-refractivity contribution in [2.75, 3.05) is 0 Å². The molecular formula is C11H24O2. The molecule has 2 heteroatoms. The van der Waals surface area contributed by atoms with Crippen LogP contribution < -0.4 is 0 Å². The van der Waals surface area contributed by atoms with Crippen LogP contribution in [0.1, 0.15) is 53.4 Å². The molecule has 0 aromatic heterocycles. The second kappa shape index (κ2) is 5.61. The fourth-order valence-electron chi connectivity index (χ4n) is 1.78. The first-order chi connectivity index (χ1) is 5.99. The van der Waals surface area contributed by atoms with Crippen molar-refractivity contribution in [3.63, 3.8) is 0 Å². The maximum atomic E-state index is 10.1. The van der Waals surface area contributed by atoms with Crippen LogP contribution in [0.2, 0.25) is 0 Å². The maximum Gasteiger partial charge on any atom is 0.0669 e. The van der Waals surface area contributed by atoms with Gasteiger partial charge in [-0.25, -0.2) is 0 Å². The highest BCUT2D eigenvalue weighted by atomic mass is 16.3. The van der Waals surface area contributed by atoms with Crippen molar-refractivity contribution >= 4 is 0 Å². The number of rotatable bonds is 6. The molecule has 0 saturated carbocycles. The van der Waals surface area contributed by atoms with Crippen LogP contribution in [0.25, 0.3) is 0 Å². The Balaban J connectivity index is 4.39. The number of aliphatic hydroxyl groups is 2. The third-order valence-corrected chi connectivity index (χ3v) is 3.00. The van der Waals surface area contributed by atoms with Gasteiger partial charge in [-0.2, -0.15) is 0 Å².